The summed E-state index contributed by atoms with van der Waals surface area (Å²) < 4.78 is 11.2. The average Bonchev–Trinajstić information content (AvgIpc) is 2.71. The van der Waals surface area contributed by atoms with Gasteiger partial charge in [0.1, 0.15) is 11.5 Å². The fourth-order valence-electron chi connectivity index (χ4n) is 2.82. The molecule has 0 unspecified atom stereocenters. The molecule has 28 heavy (non-hydrogen) atoms. The van der Waals surface area contributed by atoms with Gasteiger partial charge in [-0.3, -0.25) is 0 Å². The topological polar surface area (TPSA) is 18.5 Å². The molecular weight excluding hydrogens is 384 g/mol. The van der Waals surface area contributed by atoms with E-state index in [9.17, 15) is 0 Å². The van der Waals surface area contributed by atoms with Crippen molar-refractivity contribution in [3.8, 4) is 11.5 Å². The number of ether oxygens (including phenoxy) is 2. The lowest BCUT2D eigenvalue weighted by Crippen LogP contribution is -2.15. The van der Waals surface area contributed by atoms with E-state index in [0.717, 1.165) is 34.1 Å². The molecule has 2 nitrogen and oxygen atoms in total. The molecule has 154 valence electrons. The summed E-state index contributed by atoms with van der Waals surface area (Å²) in [6, 6.07) is 13.1. The third kappa shape index (κ3) is 5.21. The van der Waals surface area contributed by atoms with Gasteiger partial charge in [-0.1, -0.05) is 53.7 Å². The van der Waals surface area contributed by atoms with E-state index in [1.807, 2.05) is 0 Å². The van der Waals surface area contributed by atoms with E-state index in [2.05, 4.69) is 77.9 Å². The molecule has 0 atom stereocenters. The van der Waals surface area contributed by atoms with Gasteiger partial charge in [-0.25, -0.2) is 0 Å². The molecule has 0 spiro atoms. The van der Waals surface area contributed by atoms with E-state index in [1.54, 1.807) is 35.8 Å². The monoisotopic (exact) mass is 418 g/mol. The number of methoxy groups -OCH3 is 2. The lowest BCUT2D eigenvalue weighted by Gasteiger charge is -2.25. The van der Waals surface area contributed by atoms with Crippen molar-refractivity contribution in [3.05, 3.63) is 47.5 Å². The highest BCUT2D eigenvalue weighted by Gasteiger charge is 2.22. The standard InChI is InChI=1S/C24H34O2S2/c1-9-23(3,4)17-11-13-19(25-7)21(15-17)27-28-22-16-18(24(5,6)10-2)12-14-20(22)26-8/h11-16H,9-10H2,1-8H3. The van der Waals surface area contributed by atoms with Crippen LogP contribution in [0.25, 0.3) is 0 Å². The van der Waals surface area contributed by atoms with Crippen molar-refractivity contribution >= 4 is 21.6 Å². The Kier molecular flexibility index (Phi) is 7.81. The first kappa shape index (κ1) is 23.0. The second-order valence-electron chi connectivity index (χ2n) is 8.37. The van der Waals surface area contributed by atoms with Gasteiger partial charge < -0.3 is 9.47 Å². The molecule has 4 heteroatoms. The number of rotatable bonds is 9. The lowest BCUT2D eigenvalue weighted by molar-refractivity contribution is 0.403. The normalized spacial score (nSPS) is 12.1. The van der Waals surface area contributed by atoms with Gasteiger partial charge in [0, 0.05) is 0 Å². The van der Waals surface area contributed by atoms with Crippen LogP contribution in [0.5, 0.6) is 11.5 Å². The second kappa shape index (κ2) is 9.49. The summed E-state index contributed by atoms with van der Waals surface area (Å²) in [5, 5.41) is 0. The van der Waals surface area contributed by atoms with Gasteiger partial charge in [-0.05, 0) is 80.7 Å². The Morgan fingerprint density at radius 3 is 1.32 bits per heavy atom. The fourth-order valence-corrected chi connectivity index (χ4v) is 5.14. The van der Waals surface area contributed by atoms with Crippen LogP contribution >= 0.6 is 21.6 Å². The minimum atomic E-state index is 0.148. The van der Waals surface area contributed by atoms with Crippen LogP contribution in [0.1, 0.15) is 65.5 Å². The van der Waals surface area contributed by atoms with E-state index in [0.29, 0.717) is 0 Å². The molecule has 0 N–H and O–H groups in total. The molecule has 2 rings (SSSR count). The van der Waals surface area contributed by atoms with Gasteiger partial charge in [0.05, 0.1) is 24.0 Å². The zero-order valence-corrected chi connectivity index (χ0v) is 20.1. The summed E-state index contributed by atoms with van der Waals surface area (Å²) >= 11 is 0. The van der Waals surface area contributed by atoms with Gasteiger partial charge in [0.15, 0.2) is 0 Å². The van der Waals surface area contributed by atoms with Crippen LogP contribution in [0.4, 0.5) is 0 Å². The summed E-state index contributed by atoms with van der Waals surface area (Å²) in [7, 11) is 6.94. The predicted molar refractivity (Wildman–Crippen MR) is 124 cm³/mol. The summed E-state index contributed by atoms with van der Waals surface area (Å²) in [5.41, 5.74) is 2.97. The Hall–Kier alpha value is -1.26. The highest BCUT2D eigenvalue weighted by molar-refractivity contribution is 8.76. The molecule has 0 heterocycles. The molecule has 0 aromatic heterocycles. The third-order valence-corrected chi connectivity index (χ3v) is 8.29. The van der Waals surface area contributed by atoms with Crippen molar-refractivity contribution in [3.63, 3.8) is 0 Å². The highest BCUT2D eigenvalue weighted by Crippen LogP contribution is 2.47. The van der Waals surface area contributed by atoms with Crippen LogP contribution in [-0.4, -0.2) is 14.2 Å². The third-order valence-electron chi connectivity index (χ3n) is 5.88. The summed E-state index contributed by atoms with van der Waals surface area (Å²) in [6.45, 7) is 13.6. The summed E-state index contributed by atoms with van der Waals surface area (Å²) in [5.74, 6) is 1.83. The maximum Gasteiger partial charge on any atom is 0.133 e. The number of benzene rings is 2. The Morgan fingerprint density at radius 1 is 0.679 bits per heavy atom. The highest BCUT2D eigenvalue weighted by atomic mass is 33.1. The fraction of sp³-hybridized carbons (Fsp3) is 0.500. The van der Waals surface area contributed by atoms with E-state index in [-0.39, 0.29) is 10.8 Å². The minimum Gasteiger partial charge on any atom is -0.496 e. The quantitative estimate of drug-likeness (QED) is 0.385. The second-order valence-corrected chi connectivity index (χ2v) is 10.6. The van der Waals surface area contributed by atoms with E-state index in [4.69, 9.17) is 9.47 Å². The predicted octanol–water partition coefficient (Wildman–Crippen LogP) is 7.88. The van der Waals surface area contributed by atoms with Crippen LogP contribution in [0.3, 0.4) is 0 Å². The molecule has 2 aromatic rings. The van der Waals surface area contributed by atoms with Crippen molar-refractivity contribution in [2.24, 2.45) is 0 Å². The Labute approximate surface area is 179 Å². The van der Waals surface area contributed by atoms with Gasteiger partial charge in [-0.2, -0.15) is 0 Å². The zero-order valence-electron chi connectivity index (χ0n) is 18.5. The zero-order chi connectivity index (χ0) is 20.9. The largest absolute Gasteiger partial charge is 0.496 e. The van der Waals surface area contributed by atoms with E-state index in [1.165, 1.54) is 11.1 Å². The van der Waals surface area contributed by atoms with Crippen molar-refractivity contribution in [2.45, 2.75) is 75.0 Å². The molecule has 0 saturated heterocycles. The minimum absolute atomic E-state index is 0.148. The Bertz CT molecular complexity index is 730. The van der Waals surface area contributed by atoms with Crippen LogP contribution < -0.4 is 9.47 Å². The van der Waals surface area contributed by atoms with E-state index < -0.39 is 0 Å². The first-order chi connectivity index (χ1) is 13.2. The Morgan fingerprint density at radius 2 is 1.04 bits per heavy atom. The van der Waals surface area contributed by atoms with Crippen LogP contribution in [0, 0.1) is 0 Å². The number of hydrogen-bond acceptors (Lipinski definition) is 4. The van der Waals surface area contributed by atoms with Crippen LogP contribution in [0.2, 0.25) is 0 Å². The molecule has 0 bridgehead atoms. The van der Waals surface area contributed by atoms with Gasteiger partial charge in [-0.15, -0.1) is 0 Å². The molecule has 2 aromatic carbocycles. The smallest absolute Gasteiger partial charge is 0.133 e. The van der Waals surface area contributed by atoms with Crippen molar-refractivity contribution < 1.29 is 9.47 Å². The number of hydrogen-bond donors (Lipinski definition) is 0. The maximum atomic E-state index is 5.62. The Balaban J connectivity index is 2.35. The molecule has 0 aliphatic carbocycles. The molecule has 0 fully saturated rings. The summed E-state index contributed by atoms with van der Waals surface area (Å²) in [6.07, 6.45) is 2.19. The van der Waals surface area contributed by atoms with Crippen LogP contribution in [-0.2, 0) is 10.8 Å². The average molecular weight is 419 g/mol. The van der Waals surface area contributed by atoms with E-state index >= 15 is 0 Å². The molecule has 0 saturated carbocycles. The van der Waals surface area contributed by atoms with Crippen molar-refractivity contribution in [2.75, 3.05) is 14.2 Å². The maximum absolute atomic E-state index is 5.62. The molecule has 0 radical (unpaired) electrons. The first-order valence-electron chi connectivity index (χ1n) is 9.90. The van der Waals surface area contributed by atoms with Crippen molar-refractivity contribution in [1.82, 2.24) is 0 Å². The van der Waals surface area contributed by atoms with Gasteiger partial charge >= 0.3 is 0 Å². The summed E-state index contributed by atoms with van der Waals surface area (Å²) in [4.78, 5) is 2.29. The SMILES string of the molecule is CCC(C)(C)c1ccc(OC)c(SSc2cc(C(C)(C)CC)ccc2OC)c1. The first-order valence-corrected chi connectivity index (χ1v) is 12.0. The van der Waals surface area contributed by atoms with Crippen molar-refractivity contribution in [1.29, 1.82) is 0 Å². The van der Waals surface area contributed by atoms with Crippen LogP contribution in [0.15, 0.2) is 46.2 Å². The molecule has 0 amide bonds. The lowest BCUT2D eigenvalue weighted by atomic mass is 9.82. The molecule has 0 aliphatic heterocycles. The molecule has 0 aliphatic rings. The van der Waals surface area contributed by atoms with Gasteiger partial charge in [0.2, 0.25) is 0 Å². The van der Waals surface area contributed by atoms with Gasteiger partial charge in [0.25, 0.3) is 0 Å². The molecular formula is C24H34O2S2.